The minimum atomic E-state index is 0.418. The molecule has 66 valence electrons. The van der Waals surface area contributed by atoms with Crippen LogP contribution < -0.4 is 0 Å². The van der Waals surface area contributed by atoms with E-state index in [9.17, 15) is 0 Å². The second-order valence-corrected chi connectivity index (χ2v) is 2.81. The van der Waals surface area contributed by atoms with E-state index in [1.807, 2.05) is 6.92 Å². The predicted molar refractivity (Wildman–Crippen MR) is 49.1 cm³/mol. The first-order chi connectivity index (χ1) is 5.22. The third-order valence-corrected chi connectivity index (χ3v) is 1.28. The molecule has 0 radical (unpaired) electrons. The molecule has 0 saturated carbocycles. The van der Waals surface area contributed by atoms with Gasteiger partial charge in [-0.3, -0.25) is 4.99 Å². The van der Waals surface area contributed by atoms with Gasteiger partial charge >= 0.3 is 0 Å². The van der Waals surface area contributed by atoms with Crippen LogP contribution in [0.4, 0.5) is 0 Å². The Bertz CT molecular complexity index is 119. The van der Waals surface area contributed by atoms with Crippen LogP contribution >= 0.6 is 0 Å². The second-order valence-electron chi connectivity index (χ2n) is 2.81. The first-order valence-electron chi connectivity index (χ1n) is 4.39. The number of rotatable bonds is 4. The summed E-state index contributed by atoms with van der Waals surface area (Å²) < 4.78 is 5.36. The molecule has 2 heteroatoms. The van der Waals surface area contributed by atoms with E-state index in [1.54, 1.807) is 0 Å². The number of aliphatic imine (C=N–C) groups is 1. The zero-order valence-corrected chi connectivity index (χ0v) is 8.05. The molecule has 0 heterocycles. The molecule has 0 N–H and O–H groups in total. The first kappa shape index (κ1) is 10.5. The zero-order valence-electron chi connectivity index (χ0n) is 8.05. The van der Waals surface area contributed by atoms with E-state index in [0.29, 0.717) is 5.92 Å². The topological polar surface area (TPSA) is 21.6 Å². The largest absolute Gasteiger partial charge is 0.481 e. The molecule has 0 amide bonds. The van der Waals surface area contributed by atoms with Gasteiger partial charge in [0.2, 0.25) is 0 Å². The van der Waals surface area contributed by atoms with Crippen molar-refractivity contribution in [3.63, 3.8) is 0 Å². The highest BCUT2D eigenvalue weighted by molar-refractivity contribution is 5.77. The molecule has 0 aliphatic heterocycles. The summed E-state index contributed by atoms with van der Waals surface area (Å²) in [7, 11) is 0. The van der Waals surface area contributed by atoms with Crippen LogP contribution in [0, 0.1) is 5.92 Å². The summed E-state index contributed by atoms with van der Waals surface area (Å²) >= 11 is 0. The van der Waals surface area contributed by atoms with Crippen LogP contribution in [0.3, 0.4) is 0 Å². The van der Waals surface area contributed by atoms with Crippen molar-refractivity contribution >= 4 is 5.90 Å². The molecule has 0 atom stereocenters. The van der Waals surface area contributed by atoms with Gasteiger partial charge in [-0.1, -0.05) is 20.8 Å². The highest BCUT2D eigenvalue weighted by Crippen LogP contribution is 1.99. The summed E-state index contributed by atoms with van der Waals surface area (Å²) in [6.07, 6.45) is 1.09. The Morgan fingerprint density at radius 1 is 1.36 bits per heavy atom. The summed E-state index contributed by atoms with van der Waals surface area (Å²) in [6.45, 7) is 9.92. The standard InChI is InChI=1S/C9H19NO/c1-5-7-10-9(8(3)4)11-6-2/h8H,5-7H2,1-4H3. The summed E-state index contributed by atoms with van der Waals surface area (Å²) in [5.74, 6) is 1.32. The van der Waals surface area contributed by atoms with Crippen molar-refractivity contribution in [2.75, 3.05) is 13.2 Å². The van der Waals surface area contributed by atoms with Crippen LogP contribution in [0.5, 0.6) is 0 Å². The van der Waals surface area contributed by atoms with Crippen molar-refractivity contribution in [1.29, 1.82) is 0 Å². The zero-order chi connectivity index (χ0) is 8.69. The van der Waals surface area contributed by atoms with E-state index in [0.717, 1.165) is 25.5 Å². The molecule has 0 aliphatic carbocycles. The fraction of sp³-hybridized carbons (Fsp3) is 0.889. The maximum Gasteiger partial charge on any atom is 0.185 e. The van der Waals surface area contributed by atoms with Crippen molar-refractivity contribution in [2.45, 2.75) is 34.1 Å². The lowest BCUT2D eigenvalue weighted by Crippen LogP contribution is -2.12. The molecule has 0 aromatic rings. The third kappa shape index (κ3) is 4.82. The molecular formula is C9H19NO. The predicted octanol–water partition coefficient (Wildman–Crippen LogP) is 2.49. The molecule has 0 unspecified atom stereocenters. The minimum Gasteiger partial charge on any atom is -0.481 e. The van der Waals surface area contributed by atoms with Crippen molar-refractivity contribution in [3.8, 4) is 0 Å². The molecule has 0 aromatic heterocycles. The van der Waals surface area contributed by atoms with Crippen LogP contribution in [0.1, 0.15) is 34.1 Å². The van der Waals surface area contributed by atoms with Gasteiger partial charge in [0.1, 0.15) is 0 Å². The Morgan fingerprint density at radius 3 is 2.36 bits per heavy atom. The summed E-state index contributed by atoms with van der Waals surface area (Å²) in [5.41, 5.74) is 0. The van der Waals surface area contributed by atoms with E-state index >= 15 is 0 Å². The van der Waals surface area contributed by atoms with Crippen molar-refractivity contribution < 1.29 is 4.74 Å². The van der Waals surface area contributed by atoms with Gasteiger partial charge in [-0.25, -0.2) is 0 Å². The lowest BCUT2D eigenvalue weighted by atomic mass is 10.2. The average molecular weight is 157 g/mol. The molecule has 0 fully saturated rings. The summed E-state index contributed by atoms with van der Waals surface area (Å²) in [6, 6.07) is 0. The number of hydrogen-bond donors (Lipinski definition) is 0. The Balaban J connectivity index is 3.86. The second kappa shape index (κ2) is 6.20. The Morgan fingerprint density at radius 2 is 2.00 bits per heavy atom. The molecule has 0 spiro atoms. The lowest BCUT2D eigenvalue weighted by molar-refractivity contribution is 0.304. The average Bonchev–Trinajstić information content (AvgIpc) is 1.97. The van der Waals surface area contributed by atoms with Gasteiger partial charge < -0.3 is 4.74 Å². The molecular weight excluding hydrogens is 138 g/mol. The third-order valence-electron chi connectivity index (χ3n) is 1.28. The molecule has 0 saturated heterocycles. The lowest BCUT2D eigenvalue weighted by Gasteiger charge is -2.09. The molecule has 0 rings (SSSR count). The van der Waals surface area contributed by atoms with E-state index in [1.165, 1.54) is 0 Å². The molecule has 0 aliphatic rings. The Kier molecular flexibility index (Phi) is 5.90. The number of hydrogen-bond acceptors (Lipinski definition) is 2. The maximum absolute atomic E-state index is 5.36. The molecule has 2 nitrogen and oxygen atoms in total. The first-order valence-corrected chi connectivity index (χ1v) is 4.39. The van der Waals surface area contributed by atoms with Crippen molar-refractivity contribution in [1.82, 2.24) is 0 Å². The SMILES string of the molecule is CCCN=C(OCC)C(C)C. The van der Waals surface area contributed by atoms with Gasteiger partial charge in [0, 0.05) is 12.5 Å². The monoisotopic (exact) mass is 157 g/mol. The summed E-state index contributed by atoms with van der Waals surface area (Å²) in [4.78, 5) is 4.33. The van der Waals surface area contributed by atoms with E-state index in [4.69, 9.17) is 4.74 Å². The van der Waals surface area contributed by atoms with Crippen LogP contribution in [0.25, 0.3) is 0 Å². The molecule has 0 aromatic carbocycles. The smallest absolute Gasteiger partial charge is 0.185 e. The van der Waals surface area contributed by atoms with E-state index in [-0.39, 0.29) is 0 Å². The van der Waals surface area contributed by atoms with Gasteiger partial charge in [0.25, 0.3) is 0 Å². The van der Waals surface area contributed by atoms with Crippen molar-refractivity contribution in [2.24, 2.45) is 10.9 Å². The van der Waals surface area contributed by atoms with Crippen LogP contribution in [0.15, 0.2) is 4.99 Å². The Hall–Kier alpha value is -0.530. The Labute approximate surface area is 69.7 Å². The highest BCUT2D eigenvalue weighted by Gasteiger charge is 2.03. The number of ether oxygens (including phenoxy) is 1. The van der Waals surface area contributed by atoms with Crippen LogP contribution in [0.2, 0.25) is 0 Å². The van der Waals surface area contributed by atoms with E-state index in [2.05, 4.69) is 25.8 Å². The maximum atomic E-state index is 5.36. The van der Waals surface area contributed by atoms with E-state index < -0.39 is 0 Å². The fourth-order valence-electron chi connectivity index (χ4n) is 0.765. The van der Waals surface area contributed by atoms with Crippen LogP contribution in [-0.4, -0.2) is 19.0 Å². The van der Waals surface area contributed by atoms with Crippen molar-refractivity contribution in [3.05, 3.63) is 0 Å². The van der Waals surface area contributed by atoms with Gasteiger partial charge in [-0.05, 0) is 13.3 Å². The normalized spacial score (nSPS) is 12.3. The van der Waals surface area contributed by atoms with Gasteiger partial charge in [0.05, 0.1) is 6.61 Å². The van der Waals surface area contributed by atoms with Crippen LogP contribution in [-0.2, 0) is 4.74 Å². The van der Waals surface area contributed by atoms with Gasteiger partial charge in [0.15, 0.2) is 5.90 Å². The minimum absolute atomic E-state index is 0.418. The fourth-order valence-corrected chi connectivity index (χ4v) is 0.765. The molecule has 11 heavy (non-hydrogen) atoms. The van der Waals surface area contributed by atoms with Gasteiger partial charge in [-0.2, -0.15) is 0 Å². The summed E-state index contributed by atoms with van der Waals surface area (Å²) in [5, 5.41) is 0. The quantitative estimate of drug-likeness (QED) is 0.454. The molecule has 0 bridgehead atoms. The highest BCUT2D eigenvalue weighted by atomic mass is 16.5. The van der Waals surface area contributed by atoms with Gasteiger partial charge in [-0.15, -0.1) is 0 Å². The number of nitrogens with zero attached hydrogens (tertiary/aromatic N) is 1.